The Labute approximate surface area is 94.7 Å². The van der Waals surface area contributed by atoms with Gasteiger partial charge in [-0.2, -0.15) is 0 Å². The van der Waals surface area contributed by atoms with Crippen LogP contribution in [0.3, 0.4) is 0 Å². The molecule has 0 saturated carbocycles. The number of halogens is 1. The third kappa shape index (κ3) is 3.50. The van der Waals surface area contributed by atoms with Crippen LogP contribution in [0, 0.1) is 11.7 Å². The summed E-state index contributed by atoms with van der Waals surface area (Å²) >= 11 is 1.60. The minimum Gasteiger partial charge on any atom is -0.389 e. The fraction of sp³-hybridized carbons (Fsp3) is 0.500. The van der Waals surface area contributed by atoms with Gasteiger partial charge in [0.15, 0.2) is 0 Å². The van der Waals surface area contributed by atoms with E-state index >= 15 is 0 Å². The second kappa shape index (κ2) is 5.52. The van der Waals surface area contributed by atoms with E-state index in [1.54, 1.807) is 24.8 Å². The Bertz CT molecular complexity index is 323. The highest BCUT2D eigenvalue weighted by Crippen LogP contribution is 2.30. The van der Waals surface area contributed by atoms with Gasteiger partial charge in [-0.1, -0.05) is 19.9 Å². The molecular formula is C12H17FOS. The maximum absolute atomic E-state index is 13.5. The molecule has 1 nitrogen and oxygen atoms in total. The summed E-state index contributed by atoms with van der Waals surface area (Å²) in [6.45, 7) is 5.83. The van der Waals surface area contributed by atoms with Gasteiger partial charge in [0, 0.05) is 16.2 Å². The number of hydrogen-bond donors (Lipinski definition) is 1. The Hall–Kier alpha value is -0.540. The lowest BCUT2D eigenvalue weighted by atomic mass is 10.1. The molecule has 15 heavy (non-hydrogen) atoms. The van der Waals surface area contributed by atoms with Crippen LogP contribution >= 0.6 is 11.8 Å². The van der Waals surface area contributed by atoms with Gasteiger partial charge in [0.25, 0.3) is 0 Å². The molecule has 84 valence electrons. The lowest BCUT2D eigenvalue weighted by Gasteiger charge is -2.13. The summed E-state index contributed by atoms with van der Waals surface area (Å²) in [6.07, 6.45) is -0.749. The molecule has 1 aromatic rings. The third-order valence-electron chi connectivity index (χ3n) is 2.00. The molecule has 0 heterocycles. The summed E-state index contributed by atoms with van der Waals surface area (Å²) in [5.74, 6) is 1.17. The van der Waals surface area contributed by atoms with Crippen LogP contribution in [0.15, 0.2) is 23.1 Å². The second-order valence-corrected chi connectivity index (χ2v) is 5.09. The molecule has 0 fully saturated rings. The van der Waals surface area contributed by atoms with E-state index in [1.807, 2.05) is 6.07 Å². The van der Waals surface area contributed by atoms with E-state index < -0.39 is 6.10 Å². The van der Waals surface area contributed by atoms with E-state index in [1.165, 1.54) is 6.07 Å². The van der Waals surface area contributed by atoms with Gasteiger partial charge in [0.2, 0.25) is 0 Å². The van der Waals surface area contributed by atoms with Crippen molar-refractivity contribution in [3.05, 3.63) is 29.6 Å². The van der Waals surface area contributed by atoms with E-state index in [0.717, 1.165) is 10.6 Å². The molecule has 1 atom stereocenters. The maximum Gasteiger partial charge on any atom is 0.130 e. The molecule has 0 unspecified atom stereocenters. The van der Waals surface area contributed by atoms with E-state index in [-0.39, 0.29) is 5.82 Å². The summed E-state index contributed by atoms with van der Waals surface area (Å²) in [4.78, 5) is 0.846. The fourth-order valence-electron chi connectivity index (χ4n) is 1.30. The van der Waals surface area contributed by atoms with Gasteiger partial charge in [-0.3, -0.25) is 0 Å². The minimum atomic E-state index is -0.749. The third-order valence-corrected chi connectivity index (χ3v) is 3.50. The van der Waals surface area contributed by atoms with Crippen LogP contribution in [-0.2, 0) is 0 Å². The maximum atomic E-state index is 13.5. The molecule has 0 bridgehead atoms. The van der Waals surface area contributed by atoms with Crippen LogP contribution in [0.25, 0.3) is 0 Å². The number of rotatable bonds is 4. The van der Waals surface area contributed by atoms with Crippen molar-refractivity contribution in [3.63, 3.8) is 0 Å². The van der Waals surface area contributed by atoms with Crippen molar-refractivity contribution < 1.29 is 9.50 Å². The normalized spacial score (nSPS) is 13.2. The summed E-state index contributed by atoms with van der Waals surface area (Å²) in [5.41, 5.74) is 0.420. The first-order chi connectivity index (χ1) is 7.02. The van der Waals surface area contributed by atoms with Crippen molar-refractivity contribution in [1.29, 1.82) is 0 Å². The SMILES string of the molecule is CC(C)CSc1cccc(F)c1[C@@H](C)O. The Morgan fingerprint density at radius 3 is 2.53 bits per heavy atom. The van der Waals surface area contributed by atoms with Crippen molar-refractivity contribution in [3.8, 4) is 0 Å². The predicted molar refractivity (Wildman–Crippen MR) is 62.6 cm³/mol. The van der Waals surface area contributed by atoms with Crippen molar-refractivity contribution in [2.24, 2.45) is 5.92 Å². The lowest BCUT2D eigenvalue weighted by Crippen LogP contribution is -2.00. The molecule has 0 aliphatic rings. The van der Waals surface area contributed by atoms with Crippen LogP contribution < -0.4 is 0 Å². The van der Waals surface area contributed by atoms with Gasteiger partial charge >= 0.3 is 0 Å². The first-order valence-electron chi connectivity index (χ1n) is 5.11. The Morgan fingerprint density at radius 2 is 2.00 bits per heavy atom. The van der Waals surface area contributed by atoms with Crippen molar-refractivity contribution >= 4 is 11.8 Å². The molecule has 1 rings (SSSR count). The van der Waals surface area contributed by atoms with E-state index in [0.29, 0.717) is 11.5 Å². The van der Waals surface area contributed by atoms with Gasteiger partial charge in [-0.25, -0.2) is 4.39 Å². The van der Waals surface area contributed by atoms with E-state index in [9.17, 15) is 9.50 Å². The van der Waals surface area contributed by atoms with Gasteiger partial charge in [-0.05, 0) is 25.0 Å². The van der Waals surface area contributed by atoms with Crippen LogP contribution in [0.4, 0.5) is 4.39 Å². The summed E-state index contributed by atoms with van der Waals surface area (Å²) in [5, 5.41) is 9.50. The highest BCUT2D eigenvalue weighted by Gasteiger charge is 2.13. The number of benzene rings is 1. The molecule has 0 aliphatic heterocycles. The Morgan fingerprint density at radius 1 is 1.33 bits per heavy atom. The average molecular weight is 228 g/mol. The van der Waals surface area contributed by atoms with Crippen LogP contribution in [0.1, 0.15) is 32.4 Å². The van der Waals surface area contributed by atoms with Gasteiger partial charge < -0.3 is 5.11 Å². The lowest BCUT2D eigenvalue weighted by molar-refractivity contribution is 0.191. The molecule has 0 saturated heterocycles. The Balaban J connectivity index is 2.91. The molecule has 0 amide bonds. The van der Waals surface area contributed by atoms with Crippen molar-refractivity contribution in [2.75, 3.05) is 5.75 Å². The largest absolute Gasteiger partial charge is 0.389 e. The highest BCUT2D eigenvalue weighted by molar-refractivity contribution is 7.99. The molecule has 0 aromatic heterocycles. The zero-order chi connectivity index (χ0) is 11.4. The van der Waals surface area contributed by atoms with Gasteiger partial charge in [-0.15, -0.1) is 11.8 Å². The smallest absolute Gasteiger partial charge is 0.130 e. The Kier molecular flexibility index (Phi) is 4.61. The van der Waals surface area contributed by atoms with E-state index in [2.05, 4.69) is 13.8 Å². The number of hydrogen-bond acceptors (Lipinski definition) is 2. The van der Waals surface area contributed by atoms with Crippen LogP contribution in [0.5, 0.6) is 0 Å². The first kappa shape index (κ1) is 12.5. The zero-order valence-corrected chi connectivity index (χ0v) is 10.1. The molecular weight excluding hydrogens is 211 g/mol. The second-order valence-electron chi connectivity index (χ2n) is 4.03. The average Bonchev–Trinajstić information content (AvgIpc) is 2.13. The number of aliphatic hydroxyl groups is 1. The first-order valence-corrected chi connectivity index (χ1v) is 6.10. The van der Waals surface area contributed by atoms with Gasteiger partial charge in [0.1, 0.15) is 5.82 Å². The molecule has 0 radical (unpaired) electrons. The van der Waals surface area contributed by atoms with Crippen molar-refractivity contribution in [2.45, 2.75) is 31.8 Å². The monoisotopic (exact) mass is 228 g/mol. The van der Waals surface area contributed by atoms with Gasteiger partial charge in [0.05, 0.1) is 6.10 Å². The molecule has 0 aliphatic carbocycles. The minimum absolute atomic E-state index is 0.321. The van der Waals surface area contributed by atoms with Crippen LogP contribution in [-0.4, -0.2) is 10.9 Å². The summed E-state index contributed by atoms with van der Waals surface area (Å²) < 4.78 is 13.5. The fourth-order valence-corrected chi connectivity index (χ4v) is 2.42. The molecule has 3 heteroatoms. The quantitative estimate of drug-likeness (QED) is 0.794. The van der Waals surface area contributed by atoms with Crippen molar-refractivity contribution in [1.82, 2.24) is 0 Å². The van der Waals surface area contributed by atoms with E-state index in [4.69, 9.17) is 0 Å². The molecule has 0 spiro atoms. The number of thioether (sulfide) groups is 1. The van der Waals surface area contributed by atoms with Crippen LogP contribution in [0.2, 0.25) is 0 Å². The number of aliphatic hydroxyl groups excluding tert-OH is 1. The summed E-state index contributed by atoms with van der Waals surface area (Å²) in [7, 11) is 0. The standard InChI is InChI=1S/C12H17FOS/c1-8(2)7-15-11-6-4-5-10(13)12(11)9(3)14/h4-6,8-9,14H,7H2,1-3H3/t9-/m1/s1. The molecule has 1 N–H and O–H groups in total. The predicted octanol–water partition coefficient (Wildman–Crippen LogP) is 3.63. The molecule has 1 aromatic carbocycles. The summed E-state index contributed by atoms with van der Waals surface area (Å²) in [6, 6.07) is 4.93. The topological polar surface area (TPSA) is 20.2 Å². The zero-order valence-electron chi connectivity index (χ0n) is 9.33. The highest BCUT2D eigenvalue weighted by atomic mass is 32.2.